The number of rotatable bonds is 5. The summed E-state index contributed by atoms with van der Waals surface area (Å²) in [6, 6.07) is 11.7. The standard InChI is InChI=1S/C16H19N3O/c1-12(14-6-8-18-9-7-14)19(2)11-13-4-3-5-15(10-13)16(17)20/h3-10,12H,11H2,1-2H3,(H2,17,20)/t12-/m1/s1. The molecule has 0 unspecified atom stereocenters. The number of carbonyl (C=O) groups excluding carboxylic acids is 1. The van der Waals surface area contributed by atoms with E-state index in [9.17, 15) is 4.79 Å². The predicted octanol–water partition coefficient (Wildman–Crippen LogP) is 2.37. The minimum Gasteiger partial charge on any atom is -0.366 e. The molecule has 4 heteroatoms. The molecule has 0 saturated carbocycles. The Morgan fingerprint density at radius 3 is 2.65 bits per heavy atom. The third-order valence-electron chi connectivity index (χ3n) is 3.49. The van der Waals surface area contributed by atoms with Crippen LogP contribution in [0.15, 0.2) is 48.8 Å². The van der Waals surface area contributed by atoms with Crippen LogP contribution in [0.2, 0.25) is 0 Å². The van der Waals surface area contributed by atoms with E-state index in [0.717, 1.165) is 12.1 Å². The molecule has 0 aliphatic carbocycles. The summed E-state index contributed by atoms with van der Waals surface area (Å²) in [4.78, 5) is 17.4. The summed E-state index contributed by atoms with van der Waals surface area (Å²) in [6.45, 7) is 2.90. The Hall–Kier alpha value is -2.20. The van der Waals surface area contributed by atoms with E-state index < -0.39 is 5.91 Å². The maximum Gasteiger partial charge on any atom is 0.248 e. The summed E-state index contributed by atoms with van der Waals surface area (Å²) in [6.07, 6.45) is 3.60. The maximum absolute atomic E-state index is 11.2. The fourth-order valence-electron chi connectivity index (χ4n) is 2.14. The Morgan fingerprint density at radius 1 is 1.30 bits per heavy atom. The van der Waals surface area contributed by atoms with Gasteiger partial charge in [0.25, 0.3) is 0 Å². The summed E-state index contributed by atoms with van der Waals surface area (Å²) in [7, 11) is 2.06. The molecule has 2 N–H and O–H groups in total. The van der Waals surface area contributed by atoms with E-state index in [1.54, 1.807) is 18.5 Å². The van der Waals surface area contributed by atoms with Crippen molar-refractivity contribution in [1.29, 1.82) is 0 Å². The zero-order valence-electron chi connectivity index (χ0n) is 11.8. The van der Waals surface area contributed by atoms with Crippen molar-refractivity contribution in [3.63, 3.8) is 0 Å². The molecule has 1 atom stereocenters. The quantitative estimate of drug-likeness (QED) is 0.906. The summed E-state index contributed by atoms with van der Waals surface area (Å²) >= 11 is 0. The lowest BCUT2D eigenvalue weighted by Gasteiger charge is -2.25. The molecule has 0 aliphatic heterocycles. The number of aromatic nitrogens is 1. The number of hydrogen-bond acceptors (Lipinski definition) is 3. The van der Waals surface area contributed by atoms with Gasteiger partial charge in [-0.05, 0) is 49.4 Å². The highest BCUT2D eigenvalue weighted by atomic mass is 16.1. The number of primary amides is 1. The highest BCUT2D eigenvalue weighted by Gasteiger charge is 2.12. The molecule has 0 bridgehead atoms. The van der Waals surface area contributed by atoms with Crippen LogP contribution in [0.5, 0.6) is 0 Å². The van der Waals surface area contributed by atoms with Crippen LogP contribution in [-0.4, -0.2) is 22.8 Å². The van der Waals surface area contributed by atoms with Crippen molar-refractivity contribution in [2.24, 2.45) is 5.73 Å². The minimum absolute atomic E-state index is 0.273. The molecule has 1 aromatic carbocycles. The molecule has 20 heavy (non-hydrogen) atoms. The molecule has 1 aromatic heterocycles. The molecule has 1 amide bonds. The van der Waals surface area contributed by atoms with Gasteiger partial charge in [0.05, 0.1) is 0 Å². The average molecular weight is 269 g/mol. The third kappa shape index (κ3) is 3.42. The van der Waals surface area contributed by atoms with Crippen molar-refractivity contribution >= 4 is 5.91 Å². The van der Waals surface area contributed by atoms with Crippen LogP contribution in [0.4, 0.5) is 0 Å². The predicted molar refractivity (Wildman–Crippen MR) is 79.1 cm³/mol. The van der Waals surface area contributed by atoms with Gasteiger partial charge in [-0.1, -0.05) is 12.1 Å². The van der Waals surface area contributed by atoms with Crippen LogP contribution in [0.3, 0.4) is 0 Å². The van der Waals surface area contributed by atoms with E-state index in [-0.39, 0.29) is 6.04 Å². The van der Waals surface area contributed by atoms with Crippen LogP contribution in [-0.2, 0) is 6.54 Å². The second kappa shape index (κ2) is 6.30. The second-order valence-corrected chi connectivity index (χ2v) is 4.94. The topological polar surface area (TPSA) is 59.2 Å². The van der Waals surface area contributed by atoms with E-state index in [1.807, 2.05) is 30.3 Å². The van der Waals surface area contributed by atoms with Gasteiger partial charge in [-0.3, -0.25) is 14.7 Å². The third-order valence-corrected chi connectivity index (χ3v) is 3.49. The molecule has 0 radical (unpaired) electrons. The number of nitrogens with zero attached hydrogens (tertiary/aromatic N) is 2. The molecule has 0 spiro atoms. The Balaban J connectivity index is 2.09. The molecular weight excluding hydrogens is 250 g/mol. The molecule has 104 valence electrons. The Morgan fingerprint density at radius 2 is 2.00 bits per heavy atom. The first kappa shape index (κ1) is 14.2. The SMILES string of the molecule is C[C@H](c1ccncc1)N(C)Cc1cccc(C(N)=O)c1. The fraction of sp³-hybridized carbons (Fsp3) is 0.250. The lowest BCUT2D eigenvalue weighted by Crippen LogP contribution is -2.22. The second-order valence-electron chi connectivity index (χ2n) is 4.94. The molecule has 2 aromatic rings. The van der Waals surface area contributed by atoms with Crippen molar-refractivity contribution in [2.75, 3.05) is 7.05 Å². The van der Waals surface area contributed by atoms with Gasteiger partial charge in [0, 0.05) is 30.5 Å². The van der Waals surface area contributed by atoms with E-state index in [1.165, 1.54) is 5.56 Å². The number of pyridine rings is 1. The van der Waals surface area contributed by atoms with Gasteiger partial charge in [0.1, 0.15) is 0 Å². The van der Waals surface area contributed by atoms with Crippen LogP contribution in [0.25, 0.3) is 0 Å². The number of nitrogens with two attached hydrogens (primary N) is 1. The minimum atomic E-state index is -0.392. The summed E-state index contributed by atoms with van der Waals surface area (Å²) in [5.41, 5.74) is 8.14. The first-order valence-electron chi connectivity index (χ1n) is 6.57. The average Bonchev–Trinajstić information content (AvgIpc) is 2.47. The molecule has 0 fully saturated rings. The Bertz CT molecular complexity index is 583. The number of amides is 1. The number of benzene rings is 1. The van der Waals surface area contributed by atoms with Crippen molar-refractivity contribution in [2.45, 2.75) is 19.5 Å². The van der Waals surface area contributed by atoms with Crippen LogP contribution in [0, 0.1) is 0 Å². The molecular formula is C16H19N3O. The molecule has 0 aliphatic rings. The monoisotopic (exact) mass is 269 g/mol. The summed E-state index contributed by atoms with van der Waals surface area (Å²) in [5, 5.41) is 0. The zero-order chi connectivity index (χ0) is 14.5. The Kier molecular flexibility index (Phi) is 4.48. The number of hydrogen-bond donors (Lipinski definition) is 1. The van der Waals surface area contributed by atoms with Gasteiger partial charge in [0.2, 0.25) is 5.91 Å². The van der Waals surface area contributed by atoms with Crippen LogP contribution in [0.1, 0.15) is 34.5 Å². The van der Waals surface area contributed by atoms with Crippen molar-refractivity contribution in [3.8, 4) is 0 Å². The smallest absolute Gasteiger partial charge is 0.248 e. The van der Waals surface area contributed by atoms with Crippen molar-refractivity contribution < 1.29 is 4.79 Å². The summed E-state index contributed by atoms with van der Waals surface area (Å²) < 4.78 is 0. The van der Waals surface area contributed by atoms with E-state index in [2.05, 4.69) is 23.9 Å². The van der Waals surface area contributed by atoms with Gasteiger partial charge >= 0.3 is 0 Å². The Labute approximate surface area is 119 Å². The van der Waals surface area contributed by atoms with Gasteiger partial charge in [-0.25, -0.2) is 0 Å². The first-order valence-corrected chi connectivity index (χ1v) is 6.57. The molecule has 0 saturated heterocycles. The highest BCUT2D eigenvalue weighted by Crippen LogP contribution is 2.20. The first-order chi connectivity index (χ1) is 9.58. The van der Waals surface area contributed by atoms with Gasteiger partial charge in [0.15, 0.2) is 0 Å². The molecule has 1 heterocycles. The fourth-order valence-corrected chi connectivity index (χ4v) is 2.14. The number of carbonyl (C=O) groups is 1. The van der Waals surface area contributed by atoms with Gasteiger partial charge < -0.3 is 5.73 Å². The lowest BCUT2D eigenvalue weighted by atomic mass is 10.1. The van der Waals surface area contributed by atoms with Crippen LogP contribution >= 0.6 is 0 Å². The van der Waals surface area contributed by atoms with Gasteiger partial charge in [-0.15, -0.1) is 0 Å². The van der Waals surface area contributed by atoms with Gasteiger partial charge in [-0.2, -0.15) is 0 Å². The van der Waals surface area contributed by atoms with Crippen molar-refractivity contribution in [3.05, 3.63) is 65.5 Å². The lowest BCUT2D eigenvalue weighted by molar-refractivity contribution is 0.1000. The van der Waals surface area contributed by atoms with E-state index >= 15 is 0 Å². The molecule has 4 nitrogen and oxygen atoms in total. The molecule has 2 rings (SSSR count). The zero-order valence-corrected chi connectivity index (χ0v) is 11.8. The van der Waals surface area contributed by atoms with E-state index in [4.69, 9.17) is 5.73 Å². The summed E-state index contributed by atoms with van der Waals surface area (Å²) in [5.74, 6) is -0.392. The largest absolute Gasteiger partial charge is 0.366 e. The van der Waals surface area contributed by atoms with E-state index in [0.29, 0.717) is 5.56 Å². The normalized spacial score (nSPS) is 12.3. The van der Waals surface area contributed by atoms with Crippen molar-refractivity contribution in [1.82, 2.24) is 9.88 Å². The maximum atomic E-state index is 11.2. The van der Waals surface area contributed by atoms with Crippen LogP contribution < -0.4 is 5.73 Å². The highest BCUT2D eigenvalue weighted by molar-refractivity contribution is 5.92.